The number of hydrogen-bond acceptors (Lipinski definition) is 4. The fourth-order valence-corrected chi connectivity index (χ4v) is 4.68. The SMILES string of the molecule is COC(=O)c1c(CS(=O)c2ccc(F)cc2Br)ccc(Br)c1OC. The summed E-state index contributed by atoms with van der Waals surface area (Å²) < 4.78 is 36.9. The fourth-order valence-electron chi connectivity index (χ4n) is 2.12. The van der Waals surface area contributed by atoms with Crippen molar-refractivity contribution in [3.05, 3.63) is 56.2 Å². The molecule has 128 valence electrons. The van der Waals surface area contributed by atoms with Crippen molar-refractivity contribution < 1.29 is 22.9 Å². The van der Waals surface area contributed by atoms with Gasteiger partial charge >= 0.3 is 5.97 Å². The molecule has 0 heterocycles. The summed E-state index contributed by atoms with van der Waals surface area (Å²) >= 11 is 6.52. The molecule has 0 saturated carbocycles. The van der Waals surface area contributed by atoms with Gasteiger partial charge in [0.2, 0.25) is 0 Å². The molecule has 0 fully saturated rings. The van der Waals surface area contributed by atoms with Crippen LogP contribution in [0.4, 0.5) is 4.39 Å². The van der Waals surface area contributed by atoms with Crippen molar-refractivity contribution in [2.75, 3.05) is 14.2 Å². The first-order chi connectivity index (χ1) is 11.4. The third-order valence-electron chi connectivity index (χ3n) is 3.22. The summed E-state index contributed by atoms with van der Waals surface area (Å²) in [5.74, 6) is -0.644. The summed E-state index contributed by atoms with van der Waals surface area (Å²) in [7, 11) is 1.21. The number of ether oxygens (including phenoxy) is 2. The molecular weight excluding hydrogens is 467 g/mol. The van der Waals surface area contributed by atoms with Crippen molar-refractivity contribution in [1.29, 1.82) is 0 Å². The van der Waals surface area contributed by atoms with Crippen LogP contribution < -0.4 is 4.74 Å². The predicted octanol–water partition coefficient (Wildman–Crippen LogP) is 4.45. The van der Waals surface area contributed by atoms with Crippen LogP contribution in [0, 0.1) is 5.82 Å². The van der Waals surface area contributed by atoms with Crippen LogP contribution in [0.15, 0.2) is 44.2 Å². The van der Waals surface area contributed by atoms with Crippen LogP contribution in [0.25, 0.3) is 0 Å². The van der Waals surface area contributed by atoms with Gasteiger partial charge in [0.15, 0.2) is 0 Å². The van der Waals surface area contributed by atoms with Crippen molar-refractivity contribution in [2.45, 2.75) is 10.6 Å². The van der Waals surface area contributed by atoms with Crippen LogP contribution in [0.3, 0.4) is 0 Å². The second kappa shape index (κ2) is 8.22. The first kappa shape index (κ1) is 19.1. The van der Waals surface area contributed by atoms with Gasteiger partial charge in [-0.1, -0.05) is 6.07 Å². The van der Waals surface area contributed by atoms with Crippen LogP contribution >= 0.6 is 31.9 Å². The Kier molecular flexibility index (Phi) is 6.54. The molecule has 24 heavy (non-hydrogen) atoms. The van der Waals surface area contributed by atoms with Gasteiger partial charge in [-0.05, 0) is 61.7 Å². The number of esters is 1. The summed E-state index contributed by atoms with van der Waals surface area (Å²) in [4.78, 5) is 12.6. The number of rotatable bonds is 5. The van der Waals surface area contributed by atoms with Crippen LogP contribution in [-0.4, -0.2) is 24.4 Å². The van der Waals surface area contributed by atoms with Gasteiger partial charge in [0.1, 0.15) is 17.1 Å². The molecule has 2 aromatic rings. The van der Waals surface area contributed by atoms with E-state index in [1.54, 1.807) is 12.1 Å². The molecule has 4 nitrogen and oxygen atoms in total. The third-order valence-corrected chi connectivity index (χ3v) is 6.18. The Morgan fingerprint density at radius 3 is 2.46 bits per heavy atom. The Morgan fingerprint density at radius 1 is 1.17 bits per heavy atom. The minimum absolute atomic E-state index is 0.0539. The van der Waals surface area contributed by atoms with Crippen molar-refractivity contribution in [1.82, 2.24) is 0 Å². The lowest BCUT2D eigenvalue weighted by Crippen LogP contribution is -2.10. The molecule has 0 aliphatic heterocycles. The van der Waals surface area contributed by atoms with E-state index in [0.29, 0.717) is 25.2 Å². The molecule has 2 rings (SSSR count). The van der Waals surface area contributed by atoms with Gasteiger partial charge in [-0.3, -0.25) is 4.21 Å². The zero-order valence-electron chi connectivity index (χ0n) is 12.8. The first-order valence-electron chi connectivity index (χ1n) is 6.66. The predicted molar refractivity (Wildman–Crippen MR) is 96.2 cm³/mol. The second-order valence-corrected chi connectivity index (χ2v) is 7.80. The van der Waals surface area contributed by atoms with E-state index in [1.165, 1.54) is 32.4 Å². The van der Waals surface area contributed by atoms with E-state index in [2.05, 4.69) is 31.9 Å². The van der Waals surface area contributed by atoms with Crippen LogP contribution in [0.5, 0.6) is 5.75 Å². The third kappa shape index (κ3) is 4.04. The van der Waals surface area contributed by atoms with Gasteiger partial charge in [0, 0.05) is 4.47 Å². The Bertz CT molecular complexity index is 811. The lowest BCUT2D eigenvalue weighted by molar-refractivity contribution is 0.0596. The Hall–Kier alpha value is -1.25. The minimum Gasteiger partial charge on any atom is -0.495 e. The fraction of sp³-hybridized carbons (Fsp3) is 0.188. The summed E-state index contributed by atoms with van der Waals surface area (Å²) in [6.45, 7) is 0. The van der Waals surface area contributed by atoms with Crippen molar-refractivity contribution in [2.24, 2.45) is 0 Å². The molecule has 0 aromatic heterocycles. The number of methoxy groups -OCH3 is 2. The van der Waals surface area contributed by atoms with E-state index in [9.17, 15) is 13.4 Å². The van der Waals surface area contributed by atoms with E-state index >= 15 is 0 Å². The van der Waals surface area contributed by atoms with Crippen LogP contribution in [-0.2, 0) is 21.3 Å². The molecule has 8 heteroatoms. The van der Waals surface area contributed by atoms with Crippen molar-refractivity contribution >= 4 is 48.6 Å². The summed E-state index contributed by atoms with van der Waals surface area (Å²) in [5, 5.41) is 0. The molecule has 1 atom stereocenters. The number of benzene rings is 2. The molecule has 0 N–H and O–H groups in total. The Balaban J connectivity index is 2.45. The molecule has 0 bridgehead atoms. The average molecular weight is 480 g/mol. The maximum atomic E-state index is 13.2. The number of carbonyl (C=O) groups is 1. The summed E-state index contributed by atoms with van der Waals surface area (Å²) in [5.41, 5.74) is 0.720. The van der Waals surface area contributed by atoms with Gasteiger partial charge in [-0.2, -0.15) is 0 Å². The van der Waals surface area contributed by atoms with Crippen molar-refractivity contribution in [3.8, 4) is 5.75 Å². The van der Waals surface area contributed by atoms with E-state index in [4.69, 9.17) is 9.47 Å². The zero-order valence-corrected chi connectivity index (χ0v) is 16.8. The molecule has 0 radical (unpaired) electrons. The highest BCUT2D eigenvalue weighted by Gasteiger charge is 2.22. The molecule has 0 aliphatic rings. The maximum absolute atomic E-state index is 13.2. The molecule has 0 spiro atoms. The highest BCUT2D eigenvalue weighted by atomic mass is 79.9. The summed E-state index contributed by atoms with van der Waals surface area (Å²) in [6.07, 6.45) is 0. The van der Waals surface area contributed by atoms with Crippen molar-refractivity contribution in [3.63, 3.8) is 0 Å². The van der Waals surface area contributed by atoms with Gasteiger partial charge in [-0.25, -0.2) is 9.18 Å². The molecular formula is C16H13Br2FO4S. The second-order valence-electron chi connectivity index (χ2n) is 4.67. The molecule has 2 aromatic carbocycles. The Labute approximate surface area is 158 Å². The van der Waals surface area contributed by atoms with E-state index < -0.39 is 22.6 Å². The molecule has 1 unspecified atom stereocenters. The van der Waals surface area contributed by atoms with Gasteiger partial charge in [-0.15, -0.1) is 0 Å². The number of hydrogen-bond donors (Lipinski definition) is 0. The molecule has 0 amide bonds. The van der Waals surface area contributed by atoms with E-state index in [-0.39, 0.29) is 11.3 Å². The van der Waals surface area contributed by atoms with Crippen LogP contribution in [0.1, 0.15) is 15.9 Å². The van der Waals surface area contributed by atoms with E-state index in [1.807, 2.05) is 0 Å². The van der Waals surface area contributed by atoms with Gasteiger partial charge < -0.3 is 9.47 Å². The minimum atomic E-state index is -1.49. The Morgan fingerprint density at radius 2 is 1.88 bits per heavy atom. The van der Waals surface area contributed by atoms with Crippen LogP contribution in [0.2, 0.25) is 0 Å². The number of halogens is 3. The quantitative estimate of drug-likeness (QED) is 0.594. The topological polar surface area (TPSA) is 52.6 Å². The highest BCUT2D eigenvalue weighted by Crippen LogP contribution is 2.34. The average Bonchev–Trinajstić information content (AvgIpc) is 2.55. The lowest BCUT2D eigenvalue weighted by atomic mass is 10.1. The van der Waals surface area contributed by atoms with Gasteiger partial charge in [0.25, 0.3) is 0 Å². The largest absolute Gasteiger partial charge is 0.495 e. The molecule has 0 saturated heterocycles. The zero-order chi connectivity index (χ0) is 17.9. The smallest absolute Gasteiger partial charge is 0.342 e. The van der Waals surface area contributed by atoms with E-state index in [0.717, 1.165) is 0 Å². The standard InChI is InChI=1S/C16H13Br2FO4S/c1-22-15-11(17)5-3-9(14(15)16(20)23-2)8-24(21)13-6-4-10(19)7-12(13)18/h3-7H,8H2,1-2H3. The number of carbonyl (C=O) groups excluding carboxylic acids is 1. The lowest BCUT2D eigenvalue weighted by Gasteiger charge is -2.14. The monoisotopic (exact) mass is 478 g/mol. The van der Waals surface area contributed by atoms with Gasteiger partial charge in [0.05, 0.1) is 40.1 Å². The normalized spacial score (nSPS) is 11.9. The maximum Gasteiger partial charge on any atom is 0.342 e. The highest BCUT2D eigenvalue weighted by molar-refractivity contribution is 9.10. The molecule has 0 aliphatic carbocycles. The summed E-state index contributed by atoms with van der Waals surface area (Å²) in [6, 6.07) is 7.31. The first-order valence-corrected chi connectivity index (χ1v) is 9.56.